The molecule has 0 saturated heterocycles. The number of rotatable bonds is 5. The van der Waals surface area contributed by atoms with Crippen LogP contribution in [0.4, 0.5) is 5.69 Å². The molecule has 5 heteroatoms. The molecule has 1 amide bonds. The van der Waals surface area contributed by atoms with Gasteiger partial charge in [-0.15, -0.1) is 0 Å². The van der Waals surface area contributed by atoms with Crippen LogP contribution in [0, 0.1) is 0 Å². The highest BCUT2D eigenvalue weighted by atomic mass is 16.5. The summed E-state index contributed by atoms with van der Waals surface area (Å²) >= 11 is 0. The number of fused-ring (bicyclic) bond motifs is 1. The number of methoxy groups -OCH3 is 1. The van der Waals surface area contributed by atoms with E-state index in [-0.39, 0.29) is 12.5 Å². The second-order valence-corrected chi connectivity index (χ2v) is 5.57. The van der Waals surface area contributed by atoms with E-state index in [1.807, 2.05) is 48.5 Å². The molecule has 2 aromatic rings. The standard InChI is InChI=1S/C20H19NO4/c1-3-25-19(22)12-17-16-6-4-5-7-18(16)21(20(17)23)13-14-8-10-15(24-2)11-9-14/h4-12H,3,13H2,1-2H3/b17-12+. The zero-order chi connectivity index (χ0) is 17.8. The SMILES string of the molecule is CCOC(=O)/C=C1/C(=O)N(Cc2ccc(OC)cc2)c2ccccc21. The fraction of sp³-hybridized carbons (Fsp3) is 0.200. The zero-order valence-electron chi connectivity index (χ0n) is 14.2. The van der Waals surface area contributed by atoms with Gasteiger partial charge in [-0.05, 0) is 30.7 Å². The molecule has 0 N–H and O–H groups in total. The van der Waals surface area contributed by atoms with Crippen molar-refractivity contribution in [3.63, 3.8) is 0 Å². The van der Waals surface area contributed by atoms with E-state index < -0.39 is 5.97 Å². The molecule has 25 heavy (non-hydrogen) atoms. The van der Waals surface area contributed by atoms with Crippen LogP contribution in [0.2, 0.25) is 0 Å². The summed E-state index contributed by atoms with van der Waals surface area (Å²) < 4.78 is 10.1. The monoisotopic (exact) mass is 337 g/mol. The minimum atomic E-state index is -0.507. The molecule has 0 aliphatic carbocycles. The van der Waals surface area contributed by atoms with Crippen LogP contribution in [0.15, 0.2) is 54.6 Å². The van der Waals surface area contributed by atoms with E-state index >= 15 is 0 Å². The topological polar surface area (TPSA) is 55.8 Å². The number of hydrogen-bond acceptors (Lipinski definition) is 4. The van der Waals surface area contributed by atoms with Crippen LogP contribution in [-0.2, 0) is 20.9 Å². The van der Waals surface area contributed by atoms with Gasteiger partial charge in [-0.1, -0.05) is 30.3 Å². The van der Waals surface area contributed by atoms with Crippen molar-refractivity contribution in [1.29, 1.82) is 0 Å². The van der Waals surface area contributed by atoms with Crippen LogP contribution in [-0.4, -0.2) is 25.6 Å². The number of anilines is 1. The molecule has 128 valence electrons. The molecular weight excluding hydrogens is 318 g/mol. The highest BCUT2D eigenvalue weighted by molar-refractivity contribution is 6.34. The largest absolute Gasteiger partial charge is 0.497 e. The molecule has 1 aliphatic heterocycles. The Morgan fingerprint density at radius 2 is 1.84 bits per heavy atom. The number of carbonyl (C=O) groups is 2. The molecule has 2 aromatic carbocycles. The summed E-state index contributed by atoms with van der Waals surface area (Å²) in [6, 6.07) is 15.0. The molecule has 0 saturated carbocycles. The van der Waals surface area contributed by atoms with Gasteiger partial charge in [0.15, 0.2) is 0 Å². The van der Waals surface area contributed by atoms with Gasteiger partial charge in [0.25, 0.3) is 5.91 Å². The number of carbonyl (C=O) groups excluding carboxylic acids is 2. The first-order valence-corrected chi connectivity index (χ1v) is 8.06. The van der Waals surface area contributed by atoms with E-state index in [2.05, 4.69) is 0 Å². The van der Waals surface area contributed by atoms with Crippen LogP contribution in [0.1, 0.15) is 18.1 Å². The highest BCUT2D eigenvalue weighted by Crippen LogP contribution is 2.37. The third-order valence-corrected chi connectivity index (χ3v) is 4.01. The Labute approximate surface area is 146 Å². The number of para-hydroxylation sites is 1. The van der Waals surface area contributed by atoms with Crippen molar-refractivity contribution in [2.45, 2.75) is 13.5 Å². The normalized spacial score (nSPS) is 14.6. The van der Waals surface area contributed by atoms with E-state index in [9.17, 15) is 9.59 Å². The Morgan fingerprint density at radius 3 is 2.52 bits per heavy atom. The lowest BCUT2D eigenvalue weighted by atomic mass is 10.1. The van der Waals surface area contributed by atoms with Crippen LogP contribution < -0.4 is 9.64 Å². The lowest BCUT2D eigenvalue weighted by Gasteiger charge is -2.17. The maximum absolute atomic E-state index is 12.9. The highest BCUT2D eigenvalue weighted by Gasteiger charge is 2.32. The maximum Gasteiger partial charge on any atom is 0.331 e. The summed E-state index contributed by atoms with van der Waals surface area (Å²) in [4.78, 5) is 26.3. The first-order chi connectivity index (χ1) is 12.1. The minimum Gasteiger partial charge on any atom is -0.497 e. The van der Waals surface area contributed by atoms with E-state index in [0.717, 1.165) is 22.6 Å². The van der Waals surface area contributed by atoms with Gasteiger partial charge in [-0.2, -0.15) is 0 Å². The lowest BCUT2D eigenvalue weighted by molar-refractivity contribution is -0.137. The third kappa shape index (κ3) is 3.40. The van der Waals surface area contributed by atoms with E-state index in [0.29, 0.717) is 12.1 Å². The number of hydrogen-bond donors (Lipinski definition) is 0. The Hall–Kier alpha value is -3.08. The van der Waals surface area contributed by atoms with Crippen molar-refractivity contribution in [1.82, 2.24) is 0 Å². The van der Waals surface area contributed by atoms with Gasteiger partial charge in [0.05, 0.1) is 31.5 Å². The number of esters is 1. The molecule has 0 radical (unpaired) electrons. The number of amides is 1. The predicted octanol–water partition coefficient (Wildman–Crippen LogP) is 3.19. The van der Waals surface area contributed by atoms with Crippen LogP contribution >= 0.6 is 0 Å². The predicted molar refractivity (Wildman–Crippen MR) is 95.2 cm³/mol. The van der Waals surface area contributed by atoms with E-state index in [1.165, 1.54) is 6.08 Å². The summed E-state index contributed by atoms with van der Waals surface area (Å²) in [5, 5.41) is 0. The Balaban J connectivity index is 1.92. The van der Waals surface area contributed by atoms with Gasteiger partial charge in [-0.3, -0.25) is 4.79 Å². The van der Waals surface area contributed by atoms with Crippen molar-refractivity contribution in [3.05, 3.63) is 65.7 Å². The average molecular weight is 337 g/mol. The fourth-order valence-electron chi connectivity index (χ4n) is 2.82. The first-order valence-electron chi connectivity index (χ1n) is 8.06. The lowest BCUT2D eigenvalue weighted by Crippen LogP contribution is -2.25. The Bertz CT molecular complexity index is 824. The van der Waals surface area contributed by atoms with Gasteiger partial charge in [0.1, 0.15) is 5.75 Å². The van der Waals surface area contributed by atoms with Gasteiger partial charge in [0.2, 0.25) is 0 Å². The molecule has 0 unspecified atom stereocenters. The summed E-state index contributed by atoms with van der Waals surface area (Å²) in [7, 11) is 1.61. The average Bonchev–Trinajstić information content (AvgIpc) is 2.88. The molecule has 0 spiro atoms. The van der Waals surface area contributed by atoms with Crippen molar-refractivity contribution in [2.24, 2.45) is 0 Å². The molecule has 0 fully saturated rings. The molecule has 0 atom stereocenters. The third-order valence-electron chi connectivity index (χ3n) is 4.01. The number of benzene rings is 2. The maximum atomic E-state index is 12.9. The second kappa shape index (κ2) is 7.21. The Kier molecular flexibility index (Phi) is 4.84. The summed E-state index contributed by atoms with van der Waals surface area (Å²) in [6.45, 7) is 2.42. The molecule has 0 bridgehead atoms. The first kappa shape index (κ1) is 16.8. The van der Waals surface area contributed by atoms with Crippen LogP contribution in [0.3, 0.4) is 0 Å². The molecular formula is C20H19NO4. The van der Waals surface area contributed by atoms with Crippen molar-refractivity contribution >= 4 is 23.1 Å². The zero-order valence-corrected chi connectivity index (χ0v) is 14.2. The molecule has 5 nitrogen and oxygen atoms in total. The van der Waals surface area contributed by atoms with Gasteiger partial charge < -0.3 is 14.4 Å². The molecule has 1 heterocycles. The molecule has 3 rings (SSSR count). The quantitative estimate of drug-likeness (QED) is 0.621. The Morgan fingerprint density at radius 1 is 1.12 bits per heavy atom. The van der Waals surface area contributed by atoms with Crippen molar-refractivity contribution in [2.75, 3.05) is 18.6 Å². The summed E-state index contributed by atoms with van der Waals surface area (Å²) in [6.07, 6.45) is 1.28. The van der Waals surface area contributed by atoms with Gasteiger partial charge in [0, 0.05) is 11.6 Å². The van der Waals surface area contributed by atoms with Crippen LogP contribution in [0.5, 0.6) is 5.75 Å². The number of nitrogens with zero attached hydrogens (tertiary/aromatic N) is 1. The smallest absolute Gasteiger partial charge is 0.331 e. The summed E-state index contributed by atoms with van der Waals surface area (Å²) in [5.74, 6) is 0.0526. The molecule has 1 aliphatic rings. The van der Waals surface area contributed by atoms with Gasteiger partial charge in [-0.25, -0.2) is 4.79 Å². The van der Waals surface area contributed by atoms with E-state index in [1.54, 1.807) is 18.9 Å². The van der Waals surface area contributed by atoms with E-state index in [4.69, 9.17) is 9.47 Å². The summed E-state index contributed by atoms with van der Waals surface area (Å²) in [5.41, 5.74) is 2.87. The van der Waals surface area contributed by atoms with Gasteiger partial charge >= 0.3 is 5.97 Å². The number of ether oxygens (including phenoxy) is 2. The van der Waals surface area contributed by atoms with Crippen molar-refractivity contribution < 1.29 is 19.1 Å². The fourth-order valence-corrected chi connectivity index (χ4v) is 2.82. The second-order valence-electron chi connectivity index (χ2n) is 5.57. The van der Waals surface area contributed by atoms with Crippen molar-refractivity contribution in [3.8, 4) is 5.75 Å². The van der Waals surface area contributed by atoms with Crippen LogP contribution in [0.25, 0.3) is 5.57 Å². The molecule has 0 aromatic heterocycles. The minimum absolute atomic E-state index is 0.204.